The molecule has 2 nitrogen and oxygen atoms in total. The van der Waals surface area contributed by atoms with Gasteiger partial charge in [-0.05, 0) is 41.8 Å². The lowest BCUT2D eigenvalue weighted by Gasteiger charge is -2.17. The van der Waals surface area contributed by atoms with E-state index in [0.717, 1.165) is 23.1 Å². The molecule has 0 bridgehead atoms. The molecule has 1 atom stereocenters. The minimum Gasteiger partial charge on any atom is -0.271 e. The molecule has 2 aromatic carbocycles. The molecule has 0 radical (unpaired) electrons. The highest BCUT2D eigenvalue weighted by Crippen LogP contribution is 2.26. The monoisotopic (exact) mass is 364 g/mol. The van der Waals surface area contributed by atoms with E-state index in [1.54, 1.807) is 0 Å². The zero-order chi connectivity index (χ0) is 15.1. The lowest BCUT2D eigenvalue weighted by atomic mass is 10.0. The number of hydrogen-bond acceptors (Lipinski definition) is 3. The molecule has 4 heteroatoms. The molecule has 2 rings (SSSR count). The number of rotatable bonds is 7. The highest BCUT2D eigenvalue weighted by atomic mass is 79.9. The van der Waals surface area contributed by atoms with E-state index in [2.05, 4.69) is 76.8 Å². The Bertz CT molecular complexity index is 557. The number of nitrogens with two attached hydrogens (primary N) is 1. The van der Waals surface area contributed by atoms with Crippen molar-refractivity contribution in [3.63, 3.8) is 0 Å². The molecule has 0 aromatic heterocycles. The van der Waals surface area contributed by atoms with E-state index >= 15 is 0 Å². The molecule has 0 spiro atoms. The third-order valence-corrected chi connectivity index (χ3v) is 4.96. The van der Waals surface area contributed by atoms with Crippen LogP contribution >= 0.6 is 27.7 Å². The molecule has 0 heterocycles. The molecule has 21 heavy (non-hydrogen) atoms. The van der Waals surface area contributed by atoms with Gasteiger partial charge < -0.3 is 0 Å². The summed E-state index contributed by atoms with van der Waals surface area (Å²) in [6, 6.07) is 17.2. The summed E-state index contributed by atoms with van der Waals surface area (Å²) in [4.78, 5) is 1.25. The van der Waals surface area contributed by atoms with E-state index in [9.17, 15) is 0 Å². The fourth-order valence-electron chi connectivity index (χ4n) is 2.20. The topological polar surface area (TPSA) is 38.0 Å². The van der Waals surface area contributed by atoms with Gasteiger partial charge in [-0.2, -0.15) is 0 Å². The van der Waals surface area contributed by atoms with Gasteiger partial charge >= 0.3 is 0 Å². The van der Waals surface area contributed by atoms with Crippen LogP contribution in [-0.2, 0) is 6.42 Å². The number of benzene rings is 2. The zero-order valence-electron chi connectivity index (χ0n) is 12.2. The van der Waals surface area contributed by atoms with Crippen LogP contribution in [0.2, 0.25) is 0 Å². The summed E-state index contributed by atoms with van der Waals surface area (Å²) in [7, 11) is 0. The van der Waals surface area contributed by atoms with Gasteiger partial charge in [-0.3, -0.25) is 11.3 Å². The van der Waals surface area contributed by atoms with Crippen LogP contribution in [0, 0.1) is 0 Å². The molecule has 112 valence electrons. The first kappa shape index (κ1) is 16.6. The van der Waals surface area contributed by atoms with Crippen molar-refractivity contribution in [1.29, 1.82) is 0 Å². The summed E-state index contributed by atoms with van der Waals surface area (Å²) in [6.45, 7) is 2.20. The predicted molar refractivity (Wildman–Crippen MR) is 95.4 cm³/mol. The van der Waals surface area contributed by atoms with E-state index in [0.29, 0.717) is 0 Å². The molecule has 0 aliphatic rings. The average molecular weight is 365 g/mol. The summed E-state index contributed by atoms with van der Waals surface area (Å²) in [5.74, 6) is 6.66. The molecular formula is C17H21BrN2S. The Morgan fingerprint density at radius 3 is 2.62 bits per heavy atom. The predicted octanol–water partition coefficient (Wildman–Crippen LogP) is 4.70. The third-order valence-electron chi connectivity index (χ3n) is 3.32. The van der Waals surface area contributed by atoms with Crippen molar-refractivity contribution in [3.05, 3.63) is 64.1 Å². The number of halogens is 1. The van der Waals surface area contributed by atoms with Gasteiger partial charge in [-0.1, -0.05) is 53.5 Å². The number of hydrogen-bond donors (Lipinski definition) is 2. The van der Waals surface area contributed by atoms with Gasteiger partial charge in [-0.25, -0.2) is 0 Å². The number of aryl methyl sites for hydroxylation is 1. The minimum absolute atomic E-state index is 0.162. The minimum atomic E-state index is 0.162. The van der Waals surface area contributed by atoms with Crippen molar-refractivity contribution in [2.45, 2.75) is 30.7 Å². The van der Waals surface area contributed by atoms with E-state index < -0.39 is 0 Å². The normalized spacial score (nSPS) is 12.3. The molecule has 1 unspecified atom stereocenters. The Labute approximate surface area is 139 Å². The number of hydrazine groups is 1. The fourth-order valence-corrected chi connectivity index (χ4v) is 3.45. The first-order valence-electron chi connectivity index (χ1n) is 7.16. The van der Waals surface area contributed by atoms with E-state index in [1.807, 2.05) is 11.8 Å². The maximum atomic E-state index is 5.75. The molecule has 0 amide bonds. The van der Waals surface area contributed by atoms with Crippen molar-refractivity contribution in [2.24, 2.45) is 5.84 Å². The van der Waals surface area contributed by atoms with Crippen LogP contribution in [0.4, 0.5) is 0 Å². The average Bonchev–Trinajstić information content (AvgIpc) is 2.50. The van der Waals surface area contributed by atoms with Gasteiger partial charge in [0.25, 0.3) is 0 Å². The lowest BCUT2D eigenvalue weighted by molar-refractivity contribution is 0.610. The Balaban J connectivity index is 2.02. The van der Waals surface area contributed by atoms with Crippen LogP contribution in [0.15, 0.2) is 57.9 Å². The van der Waals surface area contributed by atoms with Crippen molar-refractivity contribution in [1.82, 2.24) is 5.43 Å². The first-order chi connectivity index (χ1) is 10.2. The Kier molecular flexibility index (Phi) is 6.77. The maximum absolute atomic E-state index is 5.75. The van der Waals surface area contributed by atoms with Gasteiger partial charge in [-0.15, -0.1) is 11.8 Å². The van der Waals surface area contributed by atoms with E-state index in [4.69, 9.17) is 5.84 Å². The first-order valence-corrected chi connectivity index (χ1v) is 8.94. The van der Waals surface area contributed by atoms with Crippen LogP contribution in [0.3, 0.4) is 0 Å². The number of thioether (sulfide) groups is 1. The van der Waals surface area contributed by atoms with E-state index in [-0.39, 0.29) is 6.04 Å². The smallest absolute Gasteiger partial charge is 0.0554 e. The molecule has 0 saturated heterocycles. The fraction of sp³-hybridized carbons (Fsp3) is 0.294. The Morgan fingerprint density at radius 1 is 1.19 bits per heavy atom. The second kappa shape index (κ2) is 8.59. The molecule has 0 aliphatic carbocycles. The quantitative estimate of drug-likeness (QED) is 0.424. The largest absolute Gasteiger partial charge is 0.271 e. The van der Waals surface area contributed by atoms with Crippen molar-refractivity contribution in [3.8, 4) is 0 Å². The highest BCUT2D eigenvalue weighted by molar-refractivity contribution is 9.10. The summed E-state index contributed by atoms with van der Waals surface area (Å²) in [5.41, 5.74) is 5.58. The molecule has 3 N–H and O–H groups in total. The van der Waals surface area contributed by atoms with Crippen LogP contribution in [0.25, 0.3) is 0 Å². The maximum Gasteiger partial charge on any atom is 0.0554 e. The summed E-state index contributed by atoms with van der Waals surface area (Å²) >= 11 is 5.27. The summed E-state index contributed by atoms with van der Waals surface area (Å²) in [5, 5.41) is 0. The molecule has 0 aliphatic heterocycles. The van der Waals surface area contributed by atoms with Gasteiger partial charge in [0, 0.05) is 15.1 Å². The van der Waals surface area contributed by atoms with Crippen LogP contribution in [0.1, 0.15) is 30.5 Å². The van der Waals surface area contributed by atoms with Crippen LogP contribution < -0.4 is 11.3 Å². The SMILES string of the molecule is CCCc1cccc(C(CSc2ccc(Br)cc2)NN)c1. The standard InChI is InChI=1S/C17H21BrN2S/c1-2-4-13-5-3-6-14(11-13)17(20-19)12-21-16-9-7-15(18)8-10-16/h3,5-11,17,20H,2,4,12,19H2,1H3. The van der Waals surface area contributed by atoms with Crippen molar-refractivity contribution >= 4 is 27.7 Å². The van der Waals surface area contributed by atoms with Gasteiger partial charge in [0.05, 0.1) is 6.04 Å². The second-order valence-corrected chi connectivity index (χ2v) is 6.99. The Morgan fingerprint density at radius 2 is 1.95 bits per heavy atom. The second-order valence-electron chi connectivity index (χ2n) is 4.98. The van der Waals surface area contributed by atoms with Gasteiger partial charge in [0.1, 0.15) is 0 Å². The molecule has 0 fully saturated rings. The zero-order valence-corrected chi connectivity index (χ0v) is 14.6. The summed E-state index contributed by atoms with van der Waals surface area (Å²) in [6.07, 6.45) is 2.28. The third kappa shape index (κ3) is 5.15. The van der Waals surface area contributed by atoms with Crippen molar-refractivity contribution in [2.75, 3.05) is 5.75 Å². The molecule has 0 saturated carbocycles. The highest BCUT2D eigenvalue weighted by Gasteiger charge is 2.10. The van der Waals surface area contributed by atoms with Crippen LogP contribution in [0.5, 0.6) is 0 Å². The van der Waals surface area contributed by atoms with Crippen LogP contribution in [-0.4, -0.2) is 5.75 Å². The molecule has 2 aromatic rings. The lowest BCUT2D eigenvalue weighted by Crippen LogP contribution is -2.29. The summed E-state index contributed by atoms with van der Waals surface area (Å²) < 4.78 is 1.10. The number of nitrogens with one attached hydrogen (secondary N) is 1. The van der Waals surface area contributed by atoms with Gasteiger partial charge in [0.15, 0.2) is 0 Å². The van der Waals surface area contributed by atoms with Gasteiger partial charge in [0.2, 0.25) is 0 Å². The Hall–Kier alpha value is -0.810. The molecular weight excluding hydrogens is 344 g/mol. The van der Waals surface area contributed by atoms with Crippen molar-refractivity contribution < 1.29 is 0 Å². The van der Waals surface area contributed by atoms with E-state index in [1.165, 1.54) is 16.0 Å².